The fourth-order valence-corrected chi connectivity index (χ4v) is 3.31. The smallest absolute Gasteiger partial charge is 0.207 e. The van der Waals surface area contributed by atoms with Gasteiger partial charge in [0.2, 0.25) is 5.78 Å². The lowest BCUT2D eigenvalue weighted by molar-refractivity contribution is 0.104. The number of nitrogens with one attached hydrogen (secondary N) is 1. The highest BCUT2D eigenvalue weighted by Gasteiger charge is 2.19. The van der Waals surface area contributed by atoms with E-state index >= 15 is 0 Å². The van der Waals surface area contributed by atoms with Crippen LogP contribution in [0.1, 0.15) is 26.4 Å². The number of anilines is 3. The van der Waals surface area contributed by atoms with Gasteiger partial charge in [0.25, 0.3) is 0 Å². The number of ketones is 1. The zero-order chi connectivity index (χ0) is 18.0. The van der Waals surface area contributed by atoms with Crippen molar-refractivity contribution in [1.82, 2.24) is 4.98 Å². The lowest BCUT2D eigenvalue weighted by Crippen LogP contribution is -2.05. The van der Waals surface area contributed by atoms with E-state index in [1.165, 1.54) is 11.3 Å². The molecule has 0 unspecified atom stereocenters. The van der Waals surface area contributed by atoms with Crippen LogP contribution in [0.5, 0.6) is 5.75 Å². The first-order valence-electron chi connectivity index (χ1n) is 7.77. The molecule has 0 amide bonds. The molecule has 0 fully saturated rings. The second kappa shape index (κ2) is 6.94. The topological polar surface area (TPSA) is 77.2 Å². The average Bonchev–Trinajstić information content (AvgIpc) is 2.97. The second-order valence-corrected chi connectivity index (χ2v) is 6.73. The van der Waals surface area contributed by atoms with Gasteiger partial charge < -0.3 is 15.8 Å². The Balaban J connectivity index is 1.86. The highest BCUT2D eigenvalue weighted by atomic mass is 32.1. The Morgan fingerprint density at radius 1 is 1.16 bits per heavy atom. The fourth-order valence-electron chi connectivity index (χ4n) is 2.45. The first-order valence-corrected chi connectivity index (χ1v) is 8.59. The molecule has 0 aliphatic carbocycles. The van der Waals surface area contributed by atoms with Crippen molar-refractivity contribution in [1.29, 1.82) is 0 Å². The quantitative estimate of drug-likeness (QED) is 0.668. The highest BCUT2D eigenvalue weighted by molar-refractivity contribution is 7.18. The van der Waals surface area contributed by atoms with E-state index in [0.29, 0.717) is 15.6 Å². The van der Waals surface area contributed by atoms with Crippen LogP contribution in [0.25, 0.3) is 0 Å². The highest BCUT2D eigenvalue weighted by Crippen LogP contribution is 2.31. The van der Waals surface area contributed by atoms with Crippen LogP contribution in [0.2, 0.25) is 0 Å². The summed E-state index contributed by atoms with van der Waals surface area (Å²) >= 11 is 1.25. The number of hydrogen-bond donors (Lipinski definition) is 2. The predicted molar refractivity (Wildman–Crippen MR) is 102 cm³/mol. The van der Waals surface area contributed by atoms with Crippen molar-refractivity contribution in [3.8, 4) is 5.75 Å². The maximum atomic E-state index is 12.8. The average molecular weight is 353 g/mol. The van der Waals surface area contributed by atoms with E-state index in [4.69, 9.17) is 10.5 Å². The first kappa shape index (κ1) is 17.0. The van der Waals surface area contributed by atoms with Gasteiger partial charge in [-0.05, 0) is 49.7 Å². The van der Waals surface area contributed by atoms with Crippen LogP contribution in [0.3, 0.4) is 0 Å². The van der Waals surface area contributed by atoms with Crippen LogP contribution >= 0.6 is 11.3 Å². The zero-order valence-electron chi connectivity index (χ0n) is 14.3. The van der Waals surface area contributed by atoms with Gasteiger partial charge in [0.1, 0.15) is 16.4 Å². The largest absolute Gasteiger partial charge is 0.497 e. The van der Waals surface area contributed by atoms with E-state index in [0.717, 1.165) is 22.6 Å². The number of rotatable bonds is 5. The minimum atomic E-state index is -0.0982. The van der Waals surface area contributed by atoms with Crippen LogP contribution in [0.15, 0.2) is 42.5 Å². The molecule has 0 atom stereocenters. The van der Waals surface area contributed by atoms with Crippen LogP contribution in [-0.4, -0.2) is 17.9 Å². The molecule has 0 radical (unpaired) electrons. The molecule has 128 valence electrons. The van der Waals surface area contributed by atoms with Crippen molar-refractivity contribution in [3.05, 3.63) is 64.0 Å². The number of thiazole rings is 1. The number of nitrogen functional groups attached to an aromatic ring is 1. The summed E-state index contributed by atoms with van der Waals surface area (Å²) in [5, 5.41) is 3.75. The van der Waals surface area contributed by atoms with Gasteiger partial charge in [0.05, 0.1) is 7.11 Å². The Morgan fingerprint density at radius 2 is 1.88 bits per heavy atom. The molecule has 25 heavy (non-hydrogen) atoms. The maximum Gasteiger partial charge on any atom is 0.207 e. The Hall–Kier alpha value is -2.86. The van der Waals surface area contributed by atoms with Gasteiger partial charge >= 0.3 is 0 Å². The molecule has 5 nitrogen and oxygen atoms in total. The van der Waals surface area contributed by atoms with Gasteiger partial charge in [-0.3, -0.25) is 4.79 Å². The minimum absolute atomic E-state index is 0.0982. The van der Waals surface area contributed by atoms with E-state index in [9.17, 15) is 4.79 Å². The molecular weight excluding hydrogens is 334 g/mol. The summed E-state index contributed by atoms with van der Waals surface area (Å²) in [5.74, 6) is 0.917. The number of carbonyl (C=O) groups is 1. The summed E-state index contributed by atoms with van der Waals surface area (Å²) in [5.41, 5.74) is 9.45. The van der Waals surface area contributed by atoms with E-state index < -0.39 is 0 Å². The van der Waals surface area contributed by atoms with Crippen molar-refractivity contribution in [2.75, 3.05) is 18.2 Å². The SMILES string of the molecule is COc1ccc(Nc2nc(N)c(C(=O)c3cc(C)ccc3C)s2)cc1. The Labute approximate surface area is 150 Å². The number of carbonyl (C=O) groups excluding carboxylic acids is 1. The number of nitrogens with two attached hydrogens (primary N) is 1. The van der Waals surface area contributed by atoms with Crippen molar-refractivity contribution >= 4 is 33.8 Å². The molecule has 2 aromatic carbocycles. The second-order valence-electron chi connectivity index (χ2n) is 5.73. The molecule has 1 aromatic heterocycles. The number of ether oxygens (including phenoxy) is 1. The summed E-state index contributed by atoms with van der Waals surface area (Å²) in [6.45, 7) is 3.88. The molecule has 0 bridgehead atoms. The van der Waals surface area contributed by atoms with E-state index in [1.54, 1.807) is 7.11 Å². The number of hydrogen-bond acceptors (Lipinski definition) is 6. The third-order valence-corrected chi connectivity index (χ3v) is 4.82. The summed E-state index contributed by atoms with van der Waals surface area (Å²) in [7, 11) is 1.62. The van der Waals surface area contributed by atoms with Gasteiger partial charge in [-0.15, -0.1) is 0 Å². The summed E-state index contributed by atoms with van der Waals surface area (Å²) < 4.78 is 5.14. The van der Waals surface area contributed by atoms with Crippen molar-refractivity contribution < 1.29 is 9.53 Å². The predicted octanol–water partition coefficient (Wildman–Crippen LogP) is 4.33. The van der Waals surface area contributed by atoms with Crippen LogP contribution in [-0.2, 0) is 0 Å². The standard InChI is InChI=1S/C19H19N3O2S/c1-11-4-5-12(2)15(10-11)16(23)17-18(20)22-19(25-17)21-13-6-8-14(24-3)9-7-13/h4-10H,20H2,1-3H3,(H,21,22). The van der Waals surface area contributed by atoms with Crippen LogP contribution in [0, 0.1) is 13.8 Å². The molecule has 0 spiro atoms. The lowest BCUT2D eigenvalue weighted by Gasteiger charge is -2.05. The normalized spacial score (nSPS) is 10.5. The molecule has 3 aromatic rings. The van der Waals surface area contributed by atoms with Gasteiger partial charge in [-0.2, -0.15) is 0 Å². The van der Waals surface area contributed by atoms with Crippen molar-refractivity contribution in [2.24, 2.45) is 0 Å². The summed E-state index contributed by atoms with van der Waals surface area (Å²) in [4.78, 5) is 17.6. The van der Waals surface area contributed by atoms with Crippen molar-refractivity contribution in [2.45, 2.75) is 13.8 Å². The Bertz CT molecular complexity index is 917. The monoisotopic (exact) mass is 353 g/mol. The summed E-state index contributed by atoms with van der Waals surface area (Å²) in [6.07, 6.45) is 0. The van der Waals surface area contributed by atoms with Gasteiger partial charge in [-0.1, -0.05) is 29.0 Å². The molecule has 0 aliphatic heterocycles. The molecule has 0 saturated heterocycles. The first-order chi connectivity index (χ1) is 12.0. The number of benzene rings is 2. The Morgan fingerprint density at radius 3 is 2.56 bits per heavy atom. The molecule has 3 rings (SSSR count). The van der Waals surface area contributed by atoms with Gasteiger partial charge in [0.15, 0.2) is 5.13 Å². The molecule has 1 heterocycles. The minimum Gasteiger partial charge on any atom is -0.497 e. The number of aryl methyl sites for hydroxylation is 2. The van der Waals surface area contributed by atoms with Gasteiger partial charge in [-0.25, -0.2) is 4.98 Å². The number of aromatic nitrogens is 1. The molecule has 6 heteroatoms. The fraction of sp³-hybridized carbons (Fsp3) is 0.158. The lowest BCUT2D eigenvalue weighted by atomic mass is 10.0. The molecular formula is C19H19N3O2S. The number of nitrogens with zero attached hydrogens (tertiary/aromatic N) is 1. The molecule has 3 N–H and O–H groups in total. The van der Waals surface area contributed by atoms with Crippen molar-refractivity contribution in [3.63, 3.8) is 0 Å². The van der Waals surface area contributed by atoms with E-state index in [1.807, 2.05) is 56.3 Å². The molecule has 0 aliphatic rings. The third-order valence-electron chi connectivity index (χ3n) is 3.84. The van der Waals surface area contributed by atoms with E-state index in [-0.39, 0.29) is 11.6 Å². The number of methoxy groups -OCH3 is 1. The van der Waals surface area contributed by atoms with Gasteiger partial charge in [0, 0.05) is 11.3 Å². The molecule has 0 saturated carbocycles. The van der Waals surface area contributed by atoms with Crippen LogP contribution in [0.4, 0.5) is 16.6 Å². The van der Waals surface area contributed by atoms with E-state index in [2.05, 4.69) is 10.3 Å². The Kier molecular flexibility index (Phi) is 4.72. The summed E-state index contributed by atoms with van der Waals surface area (Å²) in [6, 6.07) is 13.3. The third kappa shape index (κ3) is 3.64. The zero-order valence-corrected chi connectivity index (χ0v) is 15.1. The van der Waals surface area contributed by atoms with Crippen LogP contribution < -0.4 is 15.8 Å². The maximum absolute atomic E-state index is 12.8.